The molecule has 0 bridgehead atoms. The second-order valence-corrected chi connectivity index (χ2v) is 3.42. The predicted octanol–water partition coefficient (Wildman–Crippen LogP) is 0.259. The molecule has 1 aromatic carbocycles. The Morgan fingerprint density at radius 2 is 2.13 bits per heavy atom. The number of fused-ring (bicyclic) bond motifs is 1. The first-order chi connectivity index (χ1) is 7.15. The van der Waals surface area contributed by atoms with Gasteiger partial charge in [0.1, 0.15) is 0 Å². The van der Waals surface area contributed by atoms with Gasteiger partial charge in [-0.3, -0.25) is 4.79 Å². The zero-order chi connectivity index (χ0) is 11.0. The molecule has 2 rings (SSSR count). The van der Waals surface area contributed by atoms with E-state index < -0.39 is 11.2 Å². The van der Waals surface area contributed by atoms with Gasteiger partial charge in [0.15, 0.2) is 0 Å². The minimum absolute atomic E-state index is 0.171. The lowest BCUT2D eigenvalue weighted by atomic mass is 10.2. The molecule has 1 aromatic heterocycles. The van der Waals surface area contributed by atoms with Crippen molar-refractivity contribution in [3.05, 3.63) is 44.1 Å². The molecule has 0 saturated heterocycles. The van der Waals surface area contributed by atoms with E-state index in [9.17, 15) is 9.59 Å². The first kappa shape index (κ1) is 9.95. The highest BCUT2D eigenvalue weighted by atomic mass is 35.5. The maximum atomic E-state index is 11.8. The van der Waals surface area contributed by atoms with E-state index in [-0.39, 0.29) is 12.1 Å². The van der Waals surface area contributed by atoms with Crippen LogP contribution in [0.3, 0.4) is 0 Å². The number of benzene rings is 1. The first-order valence-corrected chi connectivity index (χ1v) is 4.64. The molecule has 15 heavy (non-hydrogen) atoms. The van der Waals surface area contributed by atoms with E-state index in [4.69, 9.17) is 17.3 Å². The Kier molecular flexibility index (Phi) is 2.34. The smallest absolute Gasteiger partial charge is 0.313 e. The summed E-state index contributed by atoms with van der Waals surface area (Å²) in [7, 11) is 0. The first-order valence-electron chi connectivity index (χ1n) is 4.26. The van der Waals surface area contributed by atoms with Crippen molar-refractivity contribution in [2.75, 3.05) is 0 Å². The summed E-state index contributed by atoms with van der Waals surface area (Å²) in [6.07, 6.45) is 0. The van der Waals surface area contributed by atoms with Crippen molar-refractivity contribution in [2.24, 2.45) is 5.73 Å². The quantitative estimate of drug-likeness (QED) is 0.731. The highest BCUT2D eigenvalue weighted by Crippen LogP contribution is 2.16. The van der Waals surface area contributed by atoms with Crippen LogP contribution in [0.15, 0.2) is 27.8 Å². The maximum Gasteiger partial charge on any atom is 0.329 e. The van der Waals surface area contributed by atoms with Crippen LogP contribution in [0, 0.1) is 0 Å². The van der Waals surface area contributed by atoms with E-state index in [0.29, 0.717) is 10.5 Å². The van der Waals surface area contributed by atoms with Gasteiger partial charge in [-0.15, -0.1) is 0 Å². The number of H-pyrrole nitrogens is 1. The lowest BCUT2D eigenvalue weighted by Crippen LogP contribution is -2.37. The van der Waals surface area contributed by atoms with Gasteiger partial charge in [0, 0.05) is 0 Å². The van der Waals surface area contributed by atoms with Gasteiger partial charge in [-0.2, -0.15) is 0 Å². The highest BCUT2D eigenvalue weighted by molar-refractivity contribution is 6.35. The molecule has 5 nitrogen and oxygen atoms in total. The van der Waals surface area contributed by atoms with E-state index in [1.54, 1.807) is 18.2 Å². The number of hydrogen-bond donors (Lipinski definition) is 2. The predicted molar refractivity (Wildman–Crippen MR) is 58.0 cm³/mol. The Morgan fingerprint density at radius 3 is 2.80 bits per heavy atom. The molecule has 78 valence electrons. The molecule has 0 amide bonds. The van der Waals surface area contributed by atoms with Crippen LogP contribution in [0.1, 0.15) is 0 Å². The Balaban J connectivity index is 3.06. The molecule has 2 aromatic rings. The van der Waals surface area contributed by atoms with Crippen molar-refractivity contribution in [3.63, 3.8) is 0 Å². The van der Waals surface area contributed by atoms with Gasteiger partial charge in [-0.05, 0) is 12.1 Å². The van der Waals surface area contributed by atoms with Crippen molar-refractivity contribution in [1.82, 2.24) is 9.55 Å². The van der Waals surface area contributed by atoms with Crippen molar-refractivity contribution in [1.29, 1.82) is 0 Å². The summed E-state index contributed by atoms with van der Waals surface area (Å²) >= 11 is 5.87. The molecule has 0 spiro atoms. The summed E-state index contributed by atoms with van der Waals surface area (Å²) in [6, 6.07) is 4.86. The Labute approximate surface area is 89.1 Å². The van der Waals surface area contributed by atoms with Gasteiger partial charge >= 0.3 is 5.69 Å². The summed E-state index contributed by atoms with van der Waals surface area (Å²) in [6.45, 7) is -0.171. The molecular formula is C9H8ClN3O2. The number of halogens is 1. The summed E-state index contributed by atoms with van der Waals surface area (Å²) in [5.41, 5.74) is 4.71. The number of nitrogens with two attached hydrogens (primary N) is 1. The van der Waals surface area contributed by atoms with Gasteiger partial charge in [0.2, 0.25) is 0 Å². The molecular weight excluding hydrogens is 218 g/mol. The summed E-state index contributed by atoms with van der Waals surface area (Å²) in [5, 5.41) is 0.583. The normalized spacial score (nSPS) is 10.8. The van der Waals surface area contributed by atoms with E-state index in [1.807, 2.05) is 0 Å². The van der Waals surface area contributed by atoms with E-state index >= 15 is 0 Å². The van der Waals surface area contributed by atoms with Crippen molar-refractivity contribution in [3.8, 4) is 0 Å². The molecule has 0 radical (unpaired) electrons. The fourth-order valence-electron chi connectivity index (χ4n) is 1.42. The lowest BCUT2D eigenvalue weighted by Gasteiger charge is -2.03. The average Bonchev–Trinajstić information content (AvgIpc) is 2.17. The van der Waals surface area contributed by atoms with Crippen molar-refractivity contribution in [2.45, 2.75) is 6.67 Å². The molecule has 0 aliphatic rings. The Bertz CT molecular complexity index is 629. The molecule has 0 atom stereocenters. The number of aromatic nitrogens is 2. The largest absolute Gasteiger partial charge is 0.329 e. The highest BCUT2D eigenvalue weighted by Gasteiger charge is 2.08. The van der Waals surface area contributed by atoms with Crippen molar-refractivity contribution < 1.29 is 0 Å². The third-order valence-electron chi connectivity index (χ3n) is 2.14. The van der Waals surface area contributed by atoms with Gasteiger partial charge in [-0.1, -0.05) is 17.7 Å². The summed E-state index contributed by atoms with van der Waals surface area (Å²) < 4.78 is 0.897. The second-order valence-electron chi connectivity index (χ2n) is 3.01. The third kappa shape index (κ3) is 1.45. The maximum absolute atomic E-state index is 11.8. The average molecular weight is 226 g/mol. The fourth-order valence-corrected chi connectivity index (χ4v) is 1.68. The standard InChI is InChI=1S/C9H8ClN3O2/c10-5-2-1-3-6-7(5)8(14)13(4-11)9(15)12-6/h1-3H,4,11H2,(H,12,15). The number of hydrogen-bond acceptors (Lipinski definition) is 3. The molecule has 1 heterocycles. The minimum atomic E-state index is -0.530. The van der Waals surface area contributed by atoms with Crippen LogP contribution in [0.5, 0.6) is 0 Å². The number of nitrogens with one attached hydrogen (secondary N) is 1. The Hall–Kier alpha value is -1.59. The van der Waals surface area contributed by atoms with Crippen LogP contribution in [0.4, 0.5) is 0 Å². The van der Waals surface area contributed by atoms with E-state index in [2.05, 4.69) is 4.98 Å². The van der Waals surface area contributed by atoms with E-state index in [1.165, 1.54) is 0 Å². The zero-order valence-electron chi connectivity index (χ0n) is 7.66. The van der Waals surface area contributed by atoms with Crippen LogP contribution in [-0.2, 0) is 6.67 Å². The summed E-state index contributed by atoms with van der Waals surface area (Å²) in [5.74, 6) is 0. The van der Waals surface area contributed by atoms with Crippen LogP contribution in [0.2, 0.25) is 5.02 Å². The number of aromatic amines is 1. The van der Waals surface area contributed by atoms with Crippen LogP contribution < -0.4 is 17.0 Å². The van der Waals surface area contributed by atoms with Crippen molar-refractivity contribution >= 4 is 22.5 Å². The minimum Gasteiger partial charge on any atom is -0.313 e. The SMILES string of the molecule is NCn1c(=O)[nH]c2cccc(Cl)c2c1=O. The number of rotatable bonds is 1. The number of nitrogens with zero attached hydrogens (tertiary/aromatic N) is 1. The molecule has 6 heteroatoms. The van der Waals surface area contributed by atoms with Gasteiger partial charge in [0.05, 0.1) is 22.6 Å². The fraction of sp³-hybridized carbons (Fsp3) is 0.111. The molecule has 0 unspecified atom stereocenters. The monoisotopic (exact) mass is 225 g/mol. The van der Waals surface area contributed by atoms with Crippen LogP contribution in [-0.4, -0.2) is 9.55 Å². The second kappa shape index (κ2) is 3.52. The van der Waals surface area contributed by atoms with Gasteiger partial charge < -0.3 is 10.7 Å². The van der Waals surface area contributed by atoms with E-state index in [0.717, 1.165) is 4.57 Å². The molecule has 0 saturated carbocycles. The van der Waals surface area contributed by atoms with Crippen LogP contribution >= 0.6 is 11.6 Å². The molecule has 0 aliphatic carbocycles. The zero-order valence-corrected chi connectivity index (χ0v) is 8.41. The summed E-state index contributed by atoms with van der Waals surface area (Å²) in [4.78, 5) is 25.7. The molecule has 0 fully saturated rings. The third-order valence-corrected chi connectivity index (χ3v) is 2.46. The molecule has 3 N–H and O–H groups in total. The van der Waals surface area contributed by atoms with Gasteiger partial charge in [-0.25, -0.2) is 9.36 Å². The Morgan fingerprint density at radius 1 is 1.40 bits per heavy atom. The molecule has 0 aliphatic heterocycles. The van der Waals surface area contributed by atoms with Gasteiger partial charge in [0.25, 0.3) is 5.56 Å². The van der Waals surface area contributed by atoms with Crippen LogP contribution in [0.25, 0.3) is 10.9 Å². The topological polar surface area (TPSA) is 80.9 Å². The lowest BCUT2D eigenvalue weighted by molar-refractivity contribution is 0.661.